The number of imide groups is 1. The molecule has 138 valence electrons. The van der Waals surface area contributed by atoms with Crippen molar-refractivity contribution < 1.29 is 19.1 Å². The number of aryl methyl sites for hydroxylation is 1. The second kappa shape index (κ2) is 6.71. The number of hydrogen-bond acceptors (Lipinski definition) is 6. The van der Waals surface area contributed by atoms with E-state index in [-0.39, 0.29) is 11.8 Å². The van der Waals surface area contributed by atoms with Gasteiger partial charge in [-0.1, -0.05) is 6.07 Å². The number of H-pyrrole nitrogens is 1. The lowest BCUT2D eigenvalue weighted by Gasteiger charge is -2.14. The van der Waals surface area contributed by atoms with Crippen LogP contribution in [0.4, 0.5) is 0 Å². The third kappa shape index (κ3) is 2.79. The Hall–Kier alpha value is -3.42. The Morgan fingerprint density at radius 1 is 1.07 bits per heavy atom. The van der Waals surface area contributed by atoms with Gasteiger partial charge in [-0.2, -0.15) is 5.10 Å². The minimum Gasteiger partial charge on any atom is -0.493 e. The molecule has 0 aliphatic carbocycles. The Labute approximate surface area is 155 Å². The summed E-state index contributed by atoms with van der Waals surface area (Å²) >= 11 is 0. The molecule has 0 unspecified atom stereocenters. The van der Waals surface area contributed by atoms with E-state index in [9.17, 15) is 9.59 Å². The molecule has 0 radical (unpaired) electrons. The van der Waals surface area contributed by atoms with Gasteiger partial charge in [0.1, 0.15) is 0 Å². The maximum absolute atomic E-state index is 12.7. The summed E-state index contributed by atoms with van der Waals surface area (Å²) in [7, 11) is 3.18. The number of nitrogens with zero attached hydrogens (tertiary/aromatic N) is 3. The van der Waals surface area contributed by atoms with E-state index in [2.05, 4.69) is 15.2 Å². The molecule has 0 saturated heterocycles. The topological polar surface area (TPSA) is 97.4 Å². The smallest absolute Gasteiger partial charge is 0.263 e. The summed E-state index contributed by atoms with van der Waals surface area (Å²) in [6.45, 7) is 0.333. The number of benzene rings is 1. The van der Waals surface area contributed by atoms with Crippen molar-refractivity contribution in [1.29, 1.82) is 0 Å². The van der Waals surface area contributed by atoms with Gasteiger partial charge in [0.25, 0.3) is 11.8 Å². The van der Waals surface area contributed by atoms with E-state index in [4.69, 9.17) is 9.47 Å². The summed E-state index contributed by atoms with van der Waals surface area (Å²) in [5.74, 6) is 0.719. The molecule has 0 fully saturated rings. The molecular formula is C19H18N4O4. The van der Waals surface area contributed by atoms with Crippen LogP contribution in [0.1, 0.15) is 32.7 Å². The first-order chi connectivity index (χ1) is 13.1. The molecule has 0 spiro atoms. The lowest BCUT2D eigenvalue weighted by Crippen LogP contribution is -2.31. The van der Waals surface area contributed by atoms with Gasteiger partial charge in [-0.15, -0.1) is 0 Å². The summed E-state index contributed by atoms with van der Waals surface area (Å²) in [6, 6.07) is 5.69. The molecule has 0 bridgehead atoms. The number of carbonyl (C=O) groups is 2. The van der Waals surface area contributed by atoms with Crippen LogP contribution in [0.5, 0.6) is 11.5 Å². The second-order valence-electron chi connectivity index (χ2n) is 6.23. The molecule has 1 N–H and O–H groups in total. The Bertz CT molecular complexity index is 1040. The highest BCUT2D eigenvalue weighted by atomic mass is 16.5. The van der Waals surface area contributed by atoms with Crippen LogP contribution in [-0.4, -0.2) is 52.7 Å². The minimum absolute atomic E-state index is 0.295. The number of carbonyl (C=O) groups excluding carboxylic acids is 2. The van der Waals surface area contributed by atoms with Gasteiger partial charge in [-0.25, -0.2) is 4.98 Å². The predicted octanol–water partition coefficient (Wildman–Crippen LogP) is 2.20. The Morgan fingerprint density at radius 3 is 2.67 bits per heavy atom. The van der Waals surface area contributed by atoms with Crippen LogP contribution in [0, 0.1) is 0 Å². The SMILES string of the molecule is COc1ccc(CCCN2C(=O)c3cnc4[nH]ncc4c3C2=O)cc1OC. The van der Waals surface area contributed by atoms with E-state index < -0.39 is 0 Å². The van der Waals surface area contributed by atoms with Crippen LogP contribution in [-0.2, 0) is 6.42 Å². The van der Waals surface area contributed by atoms with Crippen molar-refractivity contribution in [3.63, 3.8) is 0 Å². The van der Waals surface area contributed by atoms with E-state index >= 15 is 0 Å². The van der Waals surface area contributed by atoms with Gasteiger partial charge >= 0.3 is 0 Å². The van der Waals surface area contributed by atoms with E-state index in [1.165, 1.54) is 17.3 Å². The zero-order valence-electron chi connectivity index (χ0n) is 15.0. The number of fused-ring (bicyclic) bond motifs is 3. The van der Waals surface area contributed by atoms with Crippen molar-refractivity contribution >= 4 is 22.8 Å². The molecule has 2 aromatic heterocycles. The van der Waals surface area contributed by atoms with E-state index in [0.29, 0.717) is 53.0 Å². The minimum atomic E-state index is -0.307. The summed E-state index contributed by atoms with van der Waals surface area (Å²) in [5.41, 5.74) is 2.26. The second-order valence-corrected chi connectivity index (χ2v) is 6.23. The van der Waals surface area contributed by atoms with Crippen LogP contribution in [0.25, 0.3) is 11.0 Å². The van der Waals surface area contributed by atoms with Crippen molar-refractivity contribution in [2.24, 2.45) is 0 Å². The number of aromatic nitrogens is 3. The number of amides is 2. The average Bonchev–Trinajstić information content (AvgIpc) is 3.26. The van der Waals surface area contributed by atoms with Crippen LogP contribution in [0.3, 0.4) is 0 Å². The van der Waals surface area contributed by atoms with Gasteiger partial charge < -0.3 is 9.47 Å². The van der Waals surface area contributed by atoms with E-state index in [1.807, 2.05) is 18.2 Å². The van der Waals surface area contributed by atoms with E-state index in [0.717, 1.165) is 5.56 Å². The van der Waals surface area contributed by atoms with Gasteiger partial charge in [-0.05, 0) is 30.5 Å². The fourth-order valence-electron chi connectivity index (χ4n) is 3.35. The van der Waals surface area contributed by atoms with Crippen molar-refractivity contribution in [1.82, 2.24) is 20.1 Å². The monoisotopic (exact) mass is 366 g/mol. The van der Waals surface area contributed by atoms with Crippen LogP contribution in [0.15, 0.2) is 30.6 Å². The Balaban J connectivity index is 1.48. The number of hydrogen-bond donors (Lipinski definition) is 1. The number of rotatable bonds is 6. The zero-order chi connectivity index (χ0) is 19.0. The highest BCUT2D eigenvalue weighted by molar-refractivity contribution is 6.25. The van der Waals surface area contributed by atoms with Crippen LogP contribution >= 0.6 is 0 Å². The normalized spacial score (nSPS) is 13.3. The molecule has 8 heteroatoms. The summed E-state index contributed by atoms with van der Waals surface area (Å²) in [6.07, 6.45) is 4.31. The first kappa shape index (κ1) is 17.0. The van der Waals surface area contributed by atoms with E-state index in [1.54, 1.807) is 14.2 Å². The maximum Gasteiger partial charge on any atom is 0.263 e. The zero-order valence-corrected chi connectivity index (χ0v) is 15.0. The van der Waals surface area contributed by atoms with Gasteiger partial charge in [0.05, 0.1) is 36.9 Å². The van der Waals surface area contributed by atoms with Gasteiger partial charge in [0, 0.05) is 12.7 Å². The first-order valence-electron chi connectivity index (χ1n) is 8.53. The molecule has 0 saturated carbocycles. The van der Waals surface area contributed by atoms with Crippen LogP contribution < -0.4 is 9.47 Å². The van der Waals surface area contributed by atoms with Crippen LogP contribution in [0.2, 0.25) is 0 Å². The van der Waals surface area contributed by atoms with Gasteiger partial charge in [0.15, 0.2) is 17.1 Å². The standard InChI is InChI=1S/C19H18N4O4/c1-26-14-6-5-11(8-15(14)27-2)4-3-7-23-18(24)13-9-20-17-12(10-21-22-17)16(13)19(23)25/h5-6,8-10H,3-4,7H2,1-2H3,(H,20,21,22). The quantitative estimate of drug-likeness (QED) is 0.672. The molecule has 27 heavy (non-hydrogen) atoms. The molecule has 0 atom stereocenters. The van der Waals surface area contributed by atoms with Gasteiger partial charge in [0.2, 0.25) is 0 Å². The van der Waals surface area contributed by atoms with Crippen molar-refractivity contribution in [2.45, 2.75) is 12.8 Å². The molecule has 4 rings (SSSR count). The molecule has 3 aromatic rings. The van der Waals surface area contributed by atoms with Crippen molar-refractivity contribution in [3.8, 4) is 11.5 Å². The predicted molar refractivity (Wildman–Crippen MR) is 97.1 cm³/mol. The third-order valence-electron chi connectivity index (χ3n) is 4.71. The average molecular weight is 366 g/mol. The number of pyridine rings is 1. The molecule has 2 amide bonds. The highest BCUT2D eigenvalue weighted by Gasteiger charge is 2.37. The third-order valence-corrected chi connectivity index (χ3v) is 4.71. The number of ether oxygens (including phenoxy) is 2. The lowest BCUT2D eigenvalue weighted by molar-refractivity contribution is 0.0653. The molecule has 3 heterocycles. The van der Waals surface area contributed by atoms with Crippen molar-refractivity contribution in [2.75, 3.05) is 20.8 Å². The lowest BCUT2D eigenvalue weighted by atomic mass is 10.1. The largest absolute Gasteiger partial charge is 0.493 e. The molecular weight excluding hydrogens is 348 g/mol. The highest BCUT2D eigenvalue weighted by Crippen LogP contribution is 2.30. The summed E-state index contributed by atoms with van der Waals surface area (Å²) in [4.78, 5) is 30.8. The summed E-state index contributed by atoms with van der Waals surface area (Å²) < 4.78 is 10.5. The number of nitrogens with one attached hydrogen (secondary N) is 1. The summed E-state index contributed by atoms with van der Waals surface area (Å²) in [5, 5.41) is 7.20. The number of aromatic amines is 1. The Morgan fingerprint density at radius 2 is 1.89 bits per heavy atom. The molecule has 1 aliphatic heterocycles. The molecule has 8 nitrogen and oxygen atoms in total. The fourth-order valence-corrected chi connectivity index (χ4v) is 3.35. The Kier molecular flexibility index (Phi) is 4.23. The fraction of sp³-hybridized carbons (Fsp3) is 0.263. The molecule has 1 aromatic carbocycles. The maximum atomic E-state index is 12.7. The van der Waals surface area contributed by atoms with Crippen molar-refractivity contribution in [3.05, 3.63) is 47.3 Å². The first-order valence-corrected chi connectivity index (χ1v) is 8.53. The molecule has 1 aliphatic rings. The number of methoxy groups -OCH3 is 2. The van der Waals surface area contributed by atoms with Gasteiger partial charge in [-0.3, -0.25) is 19.6 Å².